The van der Waals surface area contributed by atoms with Gasteiger partial charge in [-0.15, -0.1) is 0 Å². The quantitative estimate of drug-likeness (QED) is 0.543. The summed E-state index contributed by atoms with van der Waals surface area (Å²) >= 11 is 0. The third kappa shape index (κ3) is 4.34. The predicted octanol–water partition coefficient (Wildman–Crippen LogP) is 4.93. The van der Waals surface area contributed by atoms with Gasteiger partial charge < -0.3 is 9.64 Å². The number of hydrogen-bond acceptors (Lipinski definition) is 4. The second kappa shape index (κ2) is 9.63. The average molecular weight is 460 g/mol. The van der Waals surface area contributed by atoms with Crippen molar-refractivity contribution in [1.29, 1.82) is 0 Å². The SMILES string of the molecule is Cc1cccc(Cc2cncc(C3CCCN3C(=O)C3(c4ccccc4F)CCOCC3)n2)c1. The molecule has 1 atom stereocenters. The van der Waals surface area contributed by atoms with Crippen LogP contribution in [0.4, 0.5) is 4.39 Å². The second-order valence-electron chi connectivity index (χ2n) is 9.43. The number of ether oxygens (including phenoxy) is 1. The van der Waals surface area contributed by atoms with E-state index in [9.17, 15) is 9.18 Å². The number of carbonyl (C=O) groups is 1. The van der Waals surface area contributed by atoms with E-state index in [-0.39, 0.29) is 17.8 Å². The Morgan fingerprint density at radius 1 is 1.15 bits per heavy atom. The summed E-state index contributed by atoms with van der Waals surface area (Å²) in [6, 6.07) is 14.9. The number of likely N-dealkylation sites (tertiary alicyclic amines) is 1. The number of amides is 1. The molecule has 5 rings (SSSR count). The topological polar surface area (TPSA) is 55.3 Å². The smallest absolute Gasteiger partial charge is 0.234 e. The fraction of sp³-hybridized carbons (Fsp3) is 0.393. The molecule has 176 valence electrons. The molecule has 0 aliphatic carbocycles. The molecule has 3 aromatic rings. The monoisotopic (exact) mass is 459 g/mol. The molecule has 2 fully saturated rings. The Labute approximate surface area is 200 Å². The Balaban J connectivity index is 1.44. The molecule has 2 saturated heterocycles. The molecule has 5 nitrogen and oxygen atoms in total. The molecule has 2 aliphatic heterocycles. The van der Waals surface area contributed by atoms with E-state index in [1.807, 2.05) is 11.0 Å². The lowest BCUT2D eigenvalue weighted by Gasteiger charge is -2.40. The van der Waals surface area contributed by atoms with E-state index in [1.165, 1.54) is 17.2 Å². The number of rotatable bonds is 5. The lowest BCUT2D eigenvalue weighted by Crippen LogP contribution is -2.50. The number of hydrogen-bond donors (Lipinski definition) is 0. The summed E-state index contributed by atoms with van der Waals surface area (Å²) in [5, 5.41) is 0. The van der Waals surface area contributed by atoms with Gasteiger partial charge in [-0.3, -0.25) is 14.8 Å². The Bertz CT molecular complexity index is 1180. The fourth-order valence-corrected chi connectivity index (χ4v) is 5.46. The average Bonchev–Trinajstić information content (AvgIpc) is 3.34. The Morgan fingerprint density at radius 2 is 1.97 bits per heavy atom. The van der Waals surface area contributed by atoms with Gasteiger partial charge in [-0.2, -0.15) is 0 Å². The van der Waals surface area contributed by atoms with Gasteiger partial charge in [-0.1, -0.05) is 48.0 Å². The van der Waals surface area contributed by atoms with Crippen LogP contribution in [0.3, 0.4) is 0 Å². The first-order chi connectivity index (χ1) is 16.6. The highest BCUT2D eigenvalue weighted by molar-refractivity contribution is 5.89. The van der Waals surface area contributed by atoms with Gasteiger partial charge in [0, 0.05) is 37.9 Å². The Hall–Kier alpha value is -3.12. The van der Waals surface area contributed by atoms with Crippen LogP contribution >= 0.6 is 0 Å². The summed E-state index contributed by atoms with van der Waals surface area (Å²) in [5.74, 6) is -0.345. The number of aromatic nitrogens is 2. The van der Waals surface area contributed by atoms with Crippen LogP contribution in [-0.2, 0) is 21.4 Å². The molecule has 0 N–H and O–H groups in total. The van der Waals surface area contributed by atoms with Gasteiger partial charge in [0.2, 0.25) is 5.91 Å². The summed E-state index contributed by atoms with van der Waals surface area (Å²) in [5.41, 5.74) is 3.67. The maximum Gasteiger partial charge on any atom is 0.234 e. The molecule has 1 aromatic heterocycles. The van der Waals surface area contributed by atoms with E-state index in [2.05, 4.69) is 36.2 Å². The first-order valence-corrected chi connectivity index (χ1v) is 12.1. The van der Waals surface area contributed by atoms with Crippen LogP contribution in [0.25, 0.3) is 0 Å². The Kier molecular flexibility index (Phi) is 6.42. The summed E-state index contributed by atoms with van der Waals surface area (Å²) in [6.07, 6.45) is 6.95. The predicted molar refractivity (Wildman–Crippen MR) is 128 cm³/mol. The third-order valence-electron chi connectivity index (χ3n) is 7.17. The summed E-state index contributed by atoms with van der Waals surface area (Å²) in [7, 11) is 0. The van der Waals surface area contributed by atoms with Crippen molar-refractivity contribution in [3.63, 3.8) is 0 Å². The highest BCUT2D eigenvalue weighted by atomic mass is 19.1. The summed E-state index contributed by atoms with van der Waals surface area (Å²) in [4.78, 5) is 25.4. The molecule has 2 aromatic carbocycles. The van der Waals surface area contributed by atoms with E-state index in [0.29, 0.717) is 44.6 Å². The van der Waals surface area contributed by atoms with E-state index in [1.54, 1.807) is 24.5 Å². The first kappa shape index (κ1) is 22.7. The molecular weight excluding hydrogens is 429 g/mol. The normalized spacial score (nSPS) is 19.8. The lowest BCUT2D eigenvalue weighted by atomic mass is 9.72. The highest BCUT2D eigenvalue weighted by Crippen LogP contribution is 2.42. The van der Waals surface area contributed by atoms with Crippen molar-refractivity contribution in [2.75, 3.05) is 19.8 Å². The van der Waals surface area contributed by atoms with Crippen molar-refractivity contribution in [2.45, 2.75) is 50.5 Å². The van der Waals surface area contributed by atoms with Crippen molar-refractivity contribution in [2.24, 2.45) is 0 Å². The summed E-state index contributed by atoms with van der Waals surface area (Å²) in [6.45, 7) is 3.62. The minimum absolute atomic E-state index is 0.0192. The number of aryl methyl sites for hydroxylation is 1. The standard InChI is InChI=1S/C28H30FN3O2/c1-20-6-4-7-21(16-20)17-22-18-30-19-25(31-22)26-10-5-13-32(26)27(33)28(11-14-34-15-12-28)23-8-2-3-9-24(23)29/h2-4,6-9,16,18-19,26H,5,10-15,17H2,1H3. The van der Waals surface area contributed by atoms with E-state index in [0.717, 1.165) is 24.2 Å². The van der Waals surface area contributed by atoms with Crippen LogP contribution in [0, 0.1) is 12.7 Å². The number of carbonyl (C=O) groups excluding carboxylic acids is 1. The van der Waals surface area contributed by atoms with E-state index < -0.39 is 5.41 Å². The number of benzene rings is 2. The van der Waals surface area contributed by atoms with Crippen molar-refractivity contribution in [3.8, 4) is 0 Å². The van der Waals surface area contributed by atoms with Crippen LogP contribution in [-0.4, -0.2) is 40.5 Å². The zero-order chi connectivity index (χ0) is 23.5. The third-order valence-corrected chi connectivity index (χ3v) is 7.17. The molecule has 1 amide bonds. The van der Waals surface area contributed by atoms with Crippen molar-refractivity contribution in [1.82, 2.24) is 14.9 Å². The molecular formula is C28H30FN3O2. The minimum atomic E-state index is -0.904. The molecule has 0 bridgehead atoms. The largest absolute Gasteiger partial charge is 0.381 e. The molecule has 1 unspecified atom stereocenters. The molecule has 0 spiro atoms. The van der Waals surface area contributed by atoms with Gasteiger partial charge in [0.05, 0.1) is 29.0 Å². The van der Waals surface area contributed by atoms with Crippen LogP contribution in [0.15, 0.2) is 60.9 Å². The van der Waals surface area contributed by atoms with Gasteiger partial charge >= 0.3 is 0 Å². The minimum Gasteiger partial charge on any atom is -0.381 e. The molecule has 0 saturated carbocycles. The molecule has 34 heavy (non-hydrogen) atoms. The second-order valence-corrected chi connectivity index (χ2v) is 9.43. The van der Waals surface area contributed by atoms with Crippen LogP contribution < -0.4 is 0 Å². The van der Waals surface area contributed by atoms with Gasteiger partial charge in [0.15, 0.2) is 0 Å². The lowest BCUT2D eigenvalue weighted by molar-refractivity contribution is -0.142. The van der Waals surface area contributed by atoms with Gasteiger partial charge in [0.1, 0.15) is 5.82 Å². The zero-order valence-electron chi connectivity index (χ0n) is 19.5. The first-order valence-electron chi connectivity index (χ1n) is 12.1. The Morgan fingerprint density at radius 3 is 2.76 bits per heavy atom. The van der Waals surface area contributed by atoms with Crippen molar-refractivity contribution < 1.29 is 13.9 Å². The van der Waals surface area contributed by atoms with Gasteiger partial charge in [0.25, 0.3) is 0 Å². The zero-order valence-corrected chi connectivity index (χ0v) is 19.5. The van der Waals surface area contributed by atoms with E-state index >= 15 is 0 Å². The number of halogens is 1. The number of nitrogens with zero attached hydrogens (tertiary/aromatic N) is 3. The maximum atomic E-state index is 14.9. The van der Waals surface area contributed by atoms with Crippen molar-refractivity contribution in [3.05, 3.63) is 94.8 Å². The summed E-state index contributed by atoms with van der Waals surface area (Å²) < 4.78 is 20.5. The van der Waals surface area contributed by atoms with Crippen LogP contribution in [0.1, 0.15) is 59.8 Å². The molecule has 2 aliphatic rings. The molecule has 3 heterocycles. The maximum absolute atomic E-state index is 14.9. The highest BCUT2D eigenvalue weighted by Gasteiger charge is 2.48. The molecule has 6 heteroatoms. The molecule has 0 radical (unpaired) electrons. The van der Waals surface area contributed by atoms with Crippen LogP contribution in [0.2, 0.25) is 0 Å². The van der Waals surface area contributed by atoms with Gasteiger partial charge in [-0.25, -0.2) is 4.39 Å². The van der Waals surface area contributed by atoms with Crippen molar-refractivity contribution >= 4 is 5.91 Å². The van der Waals surface area contributed by atoms with E-state index in [4.69, 9.17) is 9.72 Å². The van der Waals surface area contributed by atoms with Gasteiger partial charge in [-0.05, 0) is 44.2 Å². The fourth-order valence-electron chi connectivity index (χ4n) is 5.46. The van der Waals surface area contributed by atoms with Crippen LogP contribution in [0.5, 0.6) is 0 Å².